The zero-order chi connectivity index (χ0) is 15.9. The highest BCUT2D eigenvalue weighted by molar-refractivity contribution is 9.10. The van der Waals surface area contributed by atoms with Gasteiger partial charge in [0.25, 0.3) is 0 Å². The number of allylic oxidation sites excluding steroid dienone is 1. The third-order valence-electron chi connectivity index (χ3n) is 3.25. The van der Waals surface area contributed by atoms with Gasteiger partial charge in [0, 0.05) is 17.3 Å². The molecule has 1 aromatic rings. The molecule has 3 heteroatoms. The van der Waals surface area contributed by atoms with Gasteiger partial charge in [-0.05, 0) is 37.6 Å². The van der Waals surface area contributed by atoms with Crippen LogP contribution in [0.3, 0.4) is 0 Å². The maximum absolute atomic E-state index is 6.45. The molecule has 1 rings (SSSR count). The minimum atomic E-state index is -0.644. The Hall–Kier alpha value is -0.903. The van der Waals surface area contributed by atoms with Gasteiger partial charge < -0.3 is 4.43 Å². The number of rotatable bonds is 9. The Bertz CT molecular complexity index is 488. The topological polar surface area (TPSA) is 9.23 Å². The Morgan fingerprint density at radius 1 is 1.19 bits per heavy atom. The minimum absolute atomic E-state index is 0.326. The molecular formula is C18H25BrOSi. The van der Waals surface area contributed by atoms with E-state index in [2.05, 4.69) is 73.8 Å². The summed E-state index contributed by atoms with van der Waals surface area (Å²) in [5.74, 6) is 0. The number of hydrogen-bond acceptors (Lipinski definition) is 1. The molecule has 21 heavy (non-hydrogen) atoms. The third kappa shape index (κ3) is 5.77. The van der Waals surface area contributed by atoms with Gasteiger partial charge in [-0.15, -0.1) is 19.7 Å². The molecule has 0 unspecified atom stereocenters. The highest BCUT2D eigenvalue weighted by Gasteiger charge is 2.32. The van der Waals surface area contributed by atoms with Gasteiger partial charge in [0.15, 0.2) is 9.76 Å². The van der Waals surface area contributed by atoms with Crippen LogP contribution < -0.4 is 0 Å². The van der Waals surface area contributed by atoms with Crippen LogP contribution in [0.4, 0.5) is 0 Å². The van der Waals surface area contributed by atoms with Crippen molar-refractivity contribution < 1.29 is 4.43 Å². The second-order valence-corrected chi connectivity index (χ2v) is 7.88. The van der Waals surface area contributed by atoms with Gasteiger partial charge in [-0.1, -0.05) is 45.3 Å². The van der Waals surface area contributed by atoms with Gasteiger partial charge in [0.05, 0.1) is 5.60 Å². The first-order valence-corrected chi connectivity index (χ1v) is 9.56. The fourth-order valence-corrected chi connectivity index (χ4v) is 3.83. The van der Waals surface area contributed by atoms with E-state index in [4.69, 9.17) is 4.43 Å². The van der Waals surface area contributed by atoms with E-state index < -0.39 is 9.76 Å². The molecule has 0 amide bonds. The number of hydrogen-bond donors (Lipinski definition) is 0. The fraction of sp³-hybridized carbons (Fsp3) is 0.333. The fourth-order valence-electron chi connectivity index (χ4n) is 2.52. The average molecular weight is 365 g/mol. The molecule has 1 nitrogen and oxygen atoms in total. The first-order valence-electron chi connectivity index (χ1n) is 7.19. The third-order valence-corrected chi connectivity index (χ3v) is 5.17. The summed E-state index contributed by atoms with van der Waals surface area (Å²) >= 11 is 3.50. The summed E-state index contributed by atoms with van der Waals surface area (Å²) in [5, 5.41) is 0. The van der Waals surface area contributed by atoms with Gasteiger partial charge in [0.2, 0.25) is 0 Å². The number of halogens is 1. The van der Waals surface area contributed by atoms with Crippen molar-refractivity contribution in [3.8, 4) is 0 Å². The molecule has 0 radical (unpaired) electrons. The zero-order valence-electron chi connectivity index (χ0n) is 13.1. The highest BCUT2D eigenvalue weighted by atomic mass is 79.9. The molecule has 0 saturated heterocycles. The summed E-state index contributed by atoms with van der Waals surface area (Å²) in [4.78, 5) is 0. The molecule has 0 aromatic heterocycles. The van der Waals surface area contributed by atoms with Gasteiger partial charge in [-0.25, -0.2) is 0 Å². The first-order chi connectivity index (χ1) is 9.89. The second-order valence-electron chi connectivity index (χ2n) is 5.69. The maximum Gasteiger partial charge on any atom is 0.166 e. The van der Waals surface area contributed by atoms with E-state index in [0.29, 0.717) is 0 Å². The molecule has 0 aliphatic carbocycles. The SMILES string of the molecule is C=CC[SiH2]OC(CC(=C)C)(CC(=C)C)c1ccc(Br)cc1. The van der Waals surface area contributed by atoms with Crippen molar-refractivity contribution in [2.24, 2.45) is 0 Å². The van der Waals surface area contributed by atoms with E-state index in [1.807, 2.05) is 6.08 Å². The first kappa shape index (κ1) is 18.1. The summed E-state index contributed by atoms with van der Waals surface area (Å²) in [5.41, 5.74) is 3.14. The molecule has 1 aromatic carbocycles. The van der Waals surface area contributed by atoms with Crippen molar-refractivity contribution >= 4 is 25.7 Å². The smallest absolute Gasteiger partial charge is 0.166 e. The lowest BCUT2D eigenvalue weighted by Gasteiger charge is -2.36. The molecule has 0 aliphatic heterocycles. The predicted octanol–water partition coefficient (Wildman–Crippen LogP) is 5.28. The van der Waals surface area contributed by atoms with Crippen molar-refractivity contribution in [2.45, 2.75) is 38.3 Å². The summed E-state index contributed by atoms with van der Waals surface area (Å²) in [6, 6.07) is 9.39. The Labute approximate surface area is 139 Å². The van der Waals surface area contributed by atoms with Crippen LogP contribution in [0.1, 0.15) is 32.3 Å². The van der Waals surface area contributed by atoms with E-state index in [0.717, 1.165) is 34.5 Å². The van der Waals surface area contributed by atoms with E-state index >= 15 is 0 Å². The highest BCUT2D eigenvalue weighted by Crippen LogP contribution is 2.38. The lowest BCUT2D eigenvalue weighted by Crippen LogP contribution is -2.32. The van der Waals surface area contributed by atoms with Crippen LogP contribution in [0.5, 0.6) is 0 Å². The summed E-state index contributed by atoms with van der Waals surface area (Å²) in [7, 11) is -0.644. The van der Waals surface area contributed by atoms with Crippen LogP contribution in [0.15, 0.2) is 65.7 Å². The lowest BCUT2D eigenvalue weighted by molar-refractivity contribution is 0.0718. The quantitative estimate of drug-likeness (QED) is 0.329. The molecule has 0 spiro atoms. The van der Waals surface area contributed by atoms with E-state index in [1.165, 1.54) is 5.56 Å². The van der Waals surface area contributed by atoms with Crippen LogP contribution in [0.2, 0.25) is 6.04 Å². The van der Waals surface area contributed by atoms with E-state index in [1.54, 1.807) is 0 Å². The minimum Gasteiger partial charge on any atom is -0.414 e. The van der Waals surface area contributed by atoms with E-state index in [-0.39, 0.29) is 5.60 Å². The Morgan fingerprint density at radius 2 is 1.71 bits per heavy atom. The Kier molecular flexibility index (Phi) is 7.36. The summed E-state index contributed by atoms with van der Waals surface area (Å²) in [6.45, 7) is 16.1. The molecule has 0 bridgehead atoms. The Balaban J connectivity index is 3.19. The zero-order valence-corrected chi connectivity index (χ0v) is 16.1. The average Bonchev–Trinajstić information content (AvgIpc) is 2.38. The molecule has 0 N–H and O–H groups in total. The molecule has 0 fully saturated rings. The molecule has 0 heterocycles. The van der Waals surface area contributed by atoms with Gasteiger partial charge >= 0.3 is 0 Å². The standard InChI is InChI=1S/C18H25BrOSi/c1-6-11-21-20-18(12-14(2)3,13-15(4)5)16-7-9-17(19)10-8-16/h6-10H,1-2,4,11-13,21H2,3,5H3. The van der Waals surface area contributed by atoms with Gasteiger partial charge in [0.1, 0.15) is 0 Å². The second kappa shape index (κ2) is 8.52. The van der Waals surface area contributed by atoms with Gasteiger partial charge in [-0.2, -0.15) is 0 Å². The molecular weight excluding hydrogens is 340 g/mol. The van der Waals surface area contributed by atoms with Crippen LogP contribution in [0.25, 0.3) is 0 Å². The monoisotopic (exact) mass is 364 g/mol. The predicted molar refractivity (Wildman–Crippen MR) is 99.3 cm³/mol. The van der Waals surface area contributed by atoms with Gasteiger partial charge in [-0.3, -0.25) is 0 Å². The van der Waals surface area contributed by atoms with Crippen LogP contribution in [-0.4, -0.2) is 9.76 Å². The lowest BCUT2D eigenvalue weighted by atomic mass is 9.83. The molecule has 0 saturated carbocycles. The van der Waals surface area contributed by atoms with Crippen LogP contribution >= 0.6 is 15.9 Å². The van der Waals surface area contributed by atoms with Crippen molar-refractivity contribution in [1.29, 1.82) is 0 Å². The molecule has 0 aliphatic rings. The van der Waals surface area contributed by atoms with E-state index in [9.17, 15) is 0 Å². The van der Waals surface area contributed by atoms with Crippen molar-refractivity contribution in [2.75, 3.05) is 0 Å². The largest absolute Gasteiger partial charge is 0.414 e. The van der Waals surface area contributed by atoms with Crippen molar-refractivity contribution in [1.82, 2.24) is 0 Å². The number of benzene rings is 1. The maximum atomic E-state index is 6.45. The Morgan fingerprint density at radius 3 is 2.14 bits per heavy atom. The molecule has 0 atom stereocenters. The van der Waals surface area contributed by atoms with Crippen molar-refractivity contribution in [3.63, 3.8) is 0 Å². The summed E-state index contributed by atoms with van der Waals surface area (Å²) < 4.78 is 7.53. The molecule has 114 valence electrons. The van der Waals surface area contributed by atoms with Crippen molar-refractivity contribution in [3.05, 3.63) is 71.3 Å². The van der Waals surface area contributed by atoms with Crippen LogP contribution in [-0.2, 0) is 10.0 Å². The summed E-state index contributed by atoms with van der Waals surface area (Å²) in [6.07, 6.45) is 3.59. The normalized spacial score (nSPS) is 11.8. The van der Waals surface area contributed by atoms with Crippen LogP contribution in [0, 0.1) is 0 Å².